The third-order valence-corrected chi connectivity index (χ3v) is 3.32. The highest BCUT2D eigenvalue weighted by atomic mass is 19.1. The van der Waals surface area contributed by atoms with E-state index in [0.717, 1.165) is 0 Å². The maximum Gasteiger partial charge on any atom is 0.255 e. The third-order valence-electron chi connectivity index (χ3n) is 3.32. The van der Waals surface area contributed by atoms with Gasteiger partial charge in [-0.25, -0.2) is 4.39 Å². The fourth-order valence-corrected chi connectivity index (χ4v) is 2.24. The molecule has 0 fully saturated rings. The molecule has 0 radical (unpaired) electrons. The van der Waals surface area contributed by atoms with E-state index in [1.54, 1.807) is 26.8 Å². The van der Waals surface area contributed by atoms with E-state index < -0.39 is 0 Å². The number of carbonyl (C=O) groups is 2. The van der Waals surface area contributed by atoms with Gasteiger partial charge in [-0.2, -0.15) is 0 Å². The van der Waals surface area contributed by atoms with E-state index in [-0.39, 0.29) is 30.0 Å². The quantitative estimate of drug-likeness (QED) is 0.861. The number of hydrogen-bond acceptors (Lipinski definition) is 3. The number of ketones is 1. The summed E-state index contributed by atoms with van der Waals surface area (Å²) < 4.78 is 18.2. The minimum Gasteiger partial charge on any atom is -0.466 e. The van der Waals surface area contributed by atoms with Crippen LogP contribution in [0.25, 0.3) is 0 Å². The second-order valence-corrected chi connectivity index (χ2v) is 5.34. The Morgan fingerprint density at radius 1 is 1.23 bits per heavy atom. The zero-order valence-corrected chi connectivity index (χ0v) is 12.8. The molecule has 1 aromatic carbocycles. The Hall–Kier alpha value is -2.43. The van der Waals surface area contributed by atoms with E-state index in [2.05, 4.69) is 5.32 Å². The number of hydrogen-bond donors (Lipinski definition) is 1. The molecule has 1 amide bonds. The van der Waals surface area contributed by atoms with Gasteiger partial charge in [0.1, 0.15) is 17.3 Å². The van der Waals surface area contributed by atoms with Crippen LogP contribution in [0.5, 0.6) is 0 Å². The lowest BCUT2D eigenvalue weighted by atomic mass is 10.0. The van der Waals surface area contributed by atoms with Crippen LogP contribution in [0.2, 0.25) is 0 Å². The fourth-order valence-electron chi connectivity index (χ4n) is 2.24. The van der Waals surface area contributed by atoms with Gasteiger partial charge in [-0.05, 0) is 51.1 Å². The van der Waals surface area contributed by atoms with Gasteiger partial charge in [0.15, 0.2) is 5.78 Å². The lowest BCUT2D eigenvalue weighted by Gasteiger charge is -2.13. The van der Waals surface area contributed by atoms with Gasteiger partial charge < -0.3 is 9.73 Å². The standard InChI is InChI=1S/C17H18FNO3/c1-10(8-16(20)13-4-6-14(18)7-5-13)19-17(21)15-9-11(2)22-12(15)3/h4-7,9-10H,8H2,1-3H3,(H,19,21)/t10-/m1/s1. The lowest BCUT2D eigenvalue weighted by Crippen LogP contribution is -2.34. The average molecular weight is 303 g/mol. The number of halogens is 1. The van der Waals surface area contributed by atoms with Crippen molar-refractivity contribution in [3.8, 4) is 0 Å². The molecule has 116 valence electrons. The molecule has 1 aromatic heterocycles. The predicted molar refractivity (Wildman–Crippen MR) is 80.5 cm³/mol. The van der Waals surface area contributed by atoms with Crippen molar-refractivity contribution in [3.63, 3.8) is 0 Å². The van der Waals surface area contributed by atoms with E-state index in [0.29, 0.717) is 22.6 Å². The van der Waals surface area contributed by atoms with Crippen LogP contribution in [0.4, 0.5) is 4.39 Å². The van der Waals surface area contributed by atoms with Crippen molar-refractivity contribution in [2.24, 2.45) is 0 Å². The Morgan fingerprint density at radius 3 is 2.41 bits per heavy atom. The molecular formula is C17H18FNO3. The highest BCUT2D eigenvalue weighted by Gasteiger charge is 2.18. The molecule has 0 saturated heterocycles. The summed E-state index contributed by atoms with van der Waals surface area (Å²) in [7, 11) is 0. The summed E-state index contributed by atoms with van der Waals surface area (Å²) in [5, 5.41) is 2.77. The first-order valence-electron chi connectivity index (χ1n) is 7.03. The number of rotatable bonds is 5. The SMILES string of the molecule is Cc1cc(C(=O)N[C@H](C)CC(=O)c2ccc(F)cc2)c(C)o1. The minimum atomic E-state index is -0.385. The number of carbonyl (C=O) groups excluding carboxylic acids is 2. The van der Waals surface area contributed by atoms with Crippen molar-refractivity contribution >= 4 is 11.7 Å². The van der Waals surface area contributed by atoms with Gasteiger partial charge in [-0.3, -0.25) is 9.59 Å². The first-order chi connectivity index (χ1) is 10.4. The maximum atomic E-state index is 12.8. The smallest absolute Gasteiger partial charge is 0.255 e. The van der Waals surface area contributed by atoms with Crippen molar-refractivity contribution in [3.05, 3.63) is 58.8 Å². The molecule has 0 unspecified atom stereocenters. The summed E-state index contributed by atoms with van der Waals surface area (Å²) >= 11 is 0. The molecule has 0 aliphatic rings. The summed E-state index contributed by atoms with van der Waals surface area (Å²) in [6.07, 6.45) is 0.146. The monoisotopic (exact) mass is 303 g/mol. The van der Waals surface area contributed by atoms with Crippen LogP contribution in [0.3, 0.4) is 0 Å². The number of Topliss-reactive ketones (excluding diaryl/α,β-unsaturated/α-hetero) is 1. The van der Waals surface area contributed by atoms with Crippen LogP contribution in [0.15, 0.2) is 34.7 Å². The van der Waals surface area contributed by atoms with Gasteiger partial charge in [0, 0.05) is 18.0 Å². The van der Waals surface area contributed by atoms with Crippen molar-refractivity contribution in [1.82, 2.24) is 5.32 Å². The van der Waals surface area contributed by atoms with E-state index >= 15 is 0 Å². The highest BCUT2D eigenvalue weighted by Crippen LogP contribution is 2.14. The molecule has 22 heavy (non-hydrogen) atoms. The van der Waals surface area contributed by atoms with Crippen LogP contribution in [0, 0.1) is 19.7 Å². The van der Waals surface area contributed by atoms with E-state index in [1.165, 1.54) is 24.3 Å². The normalized spacial score (nSPS) is 12.0. The Bertz CT molecular complexity index is 688. The van der Waals surface area contributed by atoms with Gasteiger partial charge in [0.25, 0.3) is 5.91 Å². The van der Waals surface area contributed by atoms with Gasteiger partial charge in [0.2, 0.25) is 0 Å². The number of nitrogens with one attached hydrogen (secondary N) is 1. The molecule has 2 rings (SSSR count). The third kappa shape index (κ3) is 3.81. The largest absolute Gasteiger partial charge is 0.466 e. The van der Waals surface area contributed by atoms with Crippen LogP contribution in [0.1, 0.15) is 45.6 Å². The molecular weight excluding hydrogens is 285 g/mol. The van der Waals surface area contributed by atoms with E-state index in [4.69, 9.17) is 4.42 Å². The van der Waals surface area contributed by atoms with Crippen molar-refractivity contribution in [2.75, 3.05) is 0 Å². The zero-order valence-electron chi connectivity index (χ0n) is 12.8. The first-order valence-corrected chi connectivity index (χ1v) is 7.03. The summed E-state index contributed by atoms with van der Waals surface area (Å²) in [4.78, 5) is 24.2. The van der Waals surface area contributed by atoms with Gasteiger partial charge in [0.05, 0.1) is 5.56 Å². The Kier molecular flexibility index (Phi) is 4.75. The molecule has 2 aromatic rings. The van der Waals surface area contributed by atoms with E-state index in [1.807, 2.05) is 0 Å². The summed E-state index contributed by atoms with van der Waals surface area (Å²) in [5.41, 5.74) is 0.899. The van der Waals surface area contributed by atoms with Gasteiger partial charge >= 0.3 is 0 Å². The number of benzene rings is 1. The van der Waals surface area contributed by atoms with Crippen LogP contribution >= 0.6 is 0 Å². The molecule has 4 nitrogen and oxygen atoms in total. The molecule has 0 bridgehead atoms. The van der Waals surface area contributed by atoms with Crippen LogP contribution in [-0.2, 0) is 0 Å². The topological polar surface area (TPSA) is 59.3 Å². The van der Waals surface area contributed by atoms with Crippen LogP contribution < -0.4 is 5.32 Å². The number of furan rings is 1. The van der Waals surface area contributed by atoms with Crippen LogP contribution in [-0.4, -0.2) is 17.7 Å². The predicted octanol–water partition coefficient (Wildman–Crippen LogP) is 3.43. The molecule has 0 aliphatic heterocycles. The zero-order chi connectivity index (χ0) is 16.3. The second kappa shape index (κ2) is 6.56. The average Bonchev–Trinajstić information content (AvgIpc) is 2.78. The van der Waals surface area contributed by atoms with E-state index in [9.17, 15) is 14.0 Å². The van der Waals surface area contributed by atoms with Crippen molar-refractivity contribution < 1.29 is 18.4 Å². The maximum absolute atomic E-state index is 12.8. The number of amides is 1. The number of aryl methyl sites for hydroxylation is 2. The minimum absolute atomic E-state index is 0.145. The molecule has 5 heteroatoms. The molecule has 0 saturated carbocycles. The van der Waals surface area contributed by atoms with Crippen molar-refractivity contribution in [2.45, 2.75) is 33.2 Å². The summed E-state index contributed by atoms with van der Waals surface area (Å²) in [6, 6.07) is 6.70. The second-order valence-electron chi connectivity index (χ2n) is 5.34. The molecule has 0 spiro atoms. The first kappa shape index (κ1) is 15.9. The fraction of sp³-hybridized carbons (Fsp3) is 0.294. The molecule has 1 heterocycles. The lowest BCUT2D eigenvalue weighted by molar-refractivity contribution is 0.0917. The molecule has 1 N–H and O–H groups in total. The summed E-state index contributed by atoms with van der Waals surface area (Å²) in [6.45, 7) is 5.24. The molecule has 0 aliphatic carbocycles. The Labute approximate surface area is 128 Å². The Morgan fingerprint density at radius 2 is 1.86 bits per heavy atom. The molecule has 1 atom stereocenters. The van der Waals surface area contributed by atoms with Gasteiger partial charge in [-0.1, -0.05) is 0 Å². The highest BCUT2D eigenvalue weighted by molar-refractivity contribution is 5.98. The Balaban J connectivity index is 1.96. The van der Waals surface area contributed by atoms with Gasteiger partial charge in [-0.15, -0.1) is 0 Å². The van der Waals surface area contributed by atoms with Crippen molar-refractivity contribution in [1.29, 1.82) is 0 Å². The summed E-state index contributed by atoms with van der Waals surface area (Å²) in [5.74, 6) is 0.412.